The summed E-state index contributed by atoms with van der Waals surface area (Å²) in [5.74, 6) is -1.30. The quantitative estimate of drug-likeness (QED) is 0.718. The Morgan fingerprint density at radius 3 is 2.46 bits per heavy atom. The number of aromatic nitrogens is 2. The smallest absolute Gasteiger partial charge is 0.308 e. The van der Waals surface area contributed by atoms with Crippen LogP contribution in [0.15, 0.2) is 36.5 Å². The number of nitrogens with zero attached hydrogens (tertiary/aromatic N) is 2. The predicted octanol–water partition coefficient (Wildman–Crippen LogP) is 2.54. The summed E-state index contributed by atoms with van der Waals surface area (Å²) in [6.07, 6.45) is 2.05. The SMILES string of the molecule is CCOc1ccc(CC(CNC(=O)c2ccn(C(C)C)n2)C(=O)O)cc1. The molecule has 2 N–H and O–H groups in total. The number of carboxylic acid groups (broad SMARTS) is 1. The number of hydrogen-bond donors (Lipinski definition) is 2. The molecule has 0 aliphatic carbocycles. The van der Waals surface area contributed by atoms with Crippen molar-refractivity contribution in [2.24, 2.45) is 5.92 Å². The van der Waals surface area contributed by atoms with Gasteiger partial charge in [0.2, 0.25) is 0 Å². The maximum atomic E-state index is 12.2. The minimum atomic E-state index is -0.952. The van der Waals surface area contributed by atoms with Gasteiger partial charge in [-0.3, -0.25) is 14.3 Å². The minimum absolute atomic E-state index is 0.0376. The van der Waals surface area contributed by atoms with Gasteiger partial charge in [0.05, 0.1) is 12.5 Å². The van der Waals surface area contributed by atoms with Crippen molar-refractivity contribution in [3.63, 3.8) is 0 Å². The van der Waals surface area contributed by atoms with Gasteiger partial charge in [-0.05, 0) is 51.0 Å². The highest BCUT2D eigenvalue weighted by molar-refractivity contribution is 5.92. The number of carbonyl (C=O) groups excluding carboxylic acids is 1. The third kappa shape index (κ3) is 5.34. The van der Waals surface area contributed by atoms with Crippen LogP contribution in [0.2, 0.25) is 0 Å². The fourth-order valence-corrected chi connectivity index (χ4v) is 2.47. The summed E-state index contributed by atoms with van der Waals surface area (Å²) in [5, 5.41) is 16.3. The highest BCUT2D eigenvalue weighted by Crippen LogP contribution is 2.15. The van der Waals surface area contributed by atoms with Gasteiger partial charge in [0, 0.05) is 18.8 Å². The molecule has 140 valence electrons. The minimum Gasteiger partial charge on any atom is -0.494 e. The number of amides is 1. The molecule has 1 atom stereocenters. The molecule has 1 aromatic carbocycles. The molecule has 0 fully saturated rings. The summed E-state index contributed by atoms with van der Waals surface area (Å²) in [6.45, 7) is 6.45. The van der Waals surface area contributed by atoms with Crippen LogP contribution >= 0.6 is 0 Å². The lowest BCUT2D eigenvalue weighted by atomic mass is 9.99. The van der Waals surface area contributed by atoms with Crippen LogP contribution in [0.4, 0.5) is 0 Å². The summed E-state index contributed by atoms with van der Waals surface area (Å²) >= 11 is 0. The summed E-state index contributed by atoms with van der Waals surface area (Å²) in [7, 11) is 0. The van der Waals surface area contributed by atoms with E-state index in [0.717, 1.165) is 11.3 Å². The van der Waals surface area contributed by atoms with Crippen LogP contribution < -0.4 is 10.1 Å². The molecule has 26 heavy (non-hydrogen) atoms. The number of benzene rings is 1. The first-order valence-corrected chi connectivity index (χ1v) is 8.68. The molecule has 0 saturated heterocycles. The molecule has 0 spiro atoms. The van der Waals surface area contributed by atoms with Crippen molar-refractivity contribution in [2.75, 3.05) is 13.2 Å². The van der Waals surface area contributed by atoms with E-state index in [9.17, 15) is 14.7 Å². The van der Waals surface area contributed by atoms with Gasteiger partial charge in [0.15, 0.2) is 0 Å². The summed E-state index contributed by atoms with van der Waals surface area (Å²) < 4.78 is 7.06. The number of ether oxygens (including phenoxy) is 1. The molecular weight excluding hydrogens is 334 g/mol. The Kier molecular flexibility index (Phi) is 6.77. The maximum absolute atomic E-state index is 12.2. The van der Waals surface area contributed by atoms with Gasteiger partial charge in [-0.1, -0.05) is 12.1 Å². The molecule has 2 rings (SSSR count). The van der Waals surface area contributed by atoms with E-state index < -0.39 is 11.9 Å². The number of nitrogens with one attached hydrogen (secondary N) is 1. The standard InChI is InChI=1S/C19H25N3O4/c1-4-26-16-7-5-14(6-8-16)11-15(19(24)25)12-20-18(23)17-9-10-22(21-17)13(2)3/h5-10,13,15H,4,11-12H2,1-3H3,(H,20,23)(H,24,25). The summed E-state index contributed by atoms with van der Waals surface area (Å²) in [4.78, 5) is 23.7. The lowest BCUT2D eigenvalue weighted by molar-refractivity contribution is -0.141. The monoisotopic (exact) mass is 359 g/mol. The normalized spacial score (nSPS) is 12.0. The van der Waals surface area contributed by atoms with Crippen LogP contribution in [0.5, 0.6) is 5.75 Å². The fourth-order valence-electron chi connectivity index (χ4n) is 2.47. The first-order valence-electron chi connectivity index (χ1n) is 8.68. The Hall–Kier alpha value is -2.83. The second-order valence-electron chi connectivity index (χ2n) is 6.30. The summed E-state index contributed by atoms with van der Waals surface area (Å²) in [5.41, 5.74) is 1.16. The molecule has 7 heteroatoms. The number of aliphatic carboxylic acids is 1. The summed E-state index contributed by atoms with van der Waals surface area (Å²) in [6, 6.07) is 9.09. The van der Waals surface area contributed by atoms with Crippen molar-refractivity contribution in [2.45, 2.75) is 33.2 Å². The molecule has 2 aromatic rings. The third-order valence-corrected chi connectivity index (χ3v) is 3.94. The highest BCUT2D eigenvalue weighted by atomic mass is 16.5. The van der Waals surface area contributed by atoms with Crippen molar-refractivity contribution in [3.8, 4) is 5.75 Å². The molecule has 0 radical (unpaired) electrons. The van der Waals surface area contributed by atoms with E-state index >= 15 is 0 Å². The van der Waals surface area contributed by atoms with E-state index in [2.05, 4.69) is 10.4 Å². The lowest BCUT2D eigenvalue weighted by Gasteiger charge is -2.13. The van der Waals surface area contributed by atoms with Gasteiger partial charge in [-0.15, -0.1) is 0 Å². The average molecular weight is 359 g/mol. The highest BCUT2D eigenvalue weighted by Gasteiger charge is 2.20. The average Bonchev–Trinajstić information content (AvgIpc) is 3.10. The number of carbonyl (C=O) groups is 2. The molecule has 1 heterocycles. The van der Waals surface area contributed by atoms with Crippen molar-refractivity contribution in [3.05, 3.63) is 47.8 Å². The van der Waals surface area contributed by atoms with Crippen molar-refractivity contribution in [1.29, 1.82) is 0 Å². The van der Waals surface area contributed by atoms with Crippen LogP contribution in [0, 0.1) is 5.92 Å². The molecule has 0 aliphatic rings. The first kappa shape index (κ1) is 19.5. The largest absolute Gasteiger partial charge is 0.494 e. The van der Waals surface area contributed by atoms with Crippen LogP contribution in [-0.4, -0.2) is 39.9 Å². The molecule has 1 amide bonds. The Morgan fingerprint density at radius 1 is 1.23 bits per heavy atom. The van der Waals surface area contributed by atoms with Gasteiger partial charge in [0.1, 0.15) is 11.4 Å². The topological polar surface area (TPSA) is 93.5 Å². The van der Waals surface area contributed by atoms with Gasteiger partial charge >= 0.3 is 5.97 Å². The van der Waals surface area contributed by atoms with Gasteiger partial charge in [-0.25, -0.2) is 0 Å². The first-order chi connectivity index (χ1) is 12.4. The maximum Gasteiger partial charge on any atom is 0.308 e. The molecule has 7 nitrogen and oxygen atoms in total. The lowest BCUT2D eigenvalue weighted by Crippen LogP contribution is -2.34. The van der Waals surface area contributed by atoms with E-state index in [-0.39, 0.29) is 24.2 Å². The predicted molar refractivity (Wildman–Crippen MR) is 97.4 cm³/mol. The molecule has 0 saturated carbocycles. The van der Waals surface area contributed by atoms with Gasteiger partial charge < -0.3 is 15.2 Å². The van der Waals surface area contributed by atoms with E-state index in [1.807, 2.05) is 45.0 Å². The Morgan fingerprint density at radius 2 is 1.92 bits per heavy atom. The zero-order valence-electron chi connectivity index (χ0n) is 15.3. The number of rotatable bonds is 9. The van der Waals surface area contributed by atoms with E-state index in [1.54, 1.807) is 16.9 Å². The van der Waals surface area contributed by atoms with E-state index in [0.29, 0.717) is 13.0 Å². The zero-order chi connectivity index (χ0) is 19.1. The van der Waals surface area contributed by atoms with Crippen molar-refractivity contribution >= 4 is 11.9 Å². The Labute approximate surface area is 153 Å². The fraction of sp³-hybridized carbons (Fsp3) is 0.421. The molecule has 0 bridgehead atoms. The molecule has 1 aromatic heterocycles. The van der Waals surface area contributed by atoms with Crippen LogP contribution in [-0.2, 0) is 11.2 Å². The number of hydrogen-bond acceptors (Lipinski definition) is 4. The number of carboxylic acids is 1. The van der Waals surface area contributed by atoms with Crippen LogP contribution in [0.25, 0.3) is 0 Å². The zero-order valence-corrected chi connectivity index (χ0v) is 15.3. The second-order valence-corrected chi connectivity index (χ2v) is 6.30. The third-order valence-electron chi connectivity index (χ3n) is 3.94. The van der Waals surface area contributed by atoms with Crippen LogP contribution in [0.1, 0.15) is 42.9 Å². The van der Waals surface area contributed by atoms with Gasteiger partial charge in [-0.2, -0.15) is 5.10 Å². The molecule has 1 unspecified atom stereocenters. The van der Waals surface area contributed by atoms with Crippen LogP contribution in [0.3, 0.4) is 0 Å². The van der Waals surface area contributed by atoms with E-state index in [1.165, 1.54) is 0 Å². The van der Waals surface area contributed by atoms with Crippen molar-refractivity contribution in [1.82, 2.24) is 15.1 Å². The Bertz CT molecular complexity index is 737. The molecular formula is C19H25N3O4. The second kappa shape index (κ2) is 9.03. The molecule has 0 aliphatic heterocycles. The van der Waals surface area contributed by atoms with Crippen molar-refractivity contribution < 1.29 is 19.4 Å². The Balaban J connectivity index is 1.94. The van der Waals surface area contributed by atoms with Gasteiger partial charge in [0.25, 0.3) is 5.91 Å². The van der Waals surface area contributed by atoms with E-state index in [4.69, 9.17) is 4.74 Å².